The van der Waals surface area contributed by atoms with Crippen LogP contribution in [0.3, 0.4) is 0 Å². The van der Waals surface area contributed by atoms with Gasteiger partial charge in [0.2, 0.25) is 5.91 Å². The summed E-state index contributed by atoms with van der Waals surface area (Å²) < 4.78 is 41.0. The first-order chi connectivity index (χ1) is 15.8. The largest absolute Gasteiger partial charge is 0.573 e. The molecule has 5 rings (SSSR count). The van der Waals surface area contributed by atoms with Crippen LogP contribution in [-0.2, 0) is 17.8 Å². The molecule has 0 unspecified atom stereocenters. The Bertz CT molecular complexity index is 983. The van der Waals surface area contributed by atoms with Crippen LogP contribution >= 0.6 is 11.3 Å². The first kappa shape index (κ1) is 22.6. The zero-order valence-electron chi connectivity index (χ0n) is 18.3. The van der Waals surface area contributed by atoms with E-state index in [0.717, 1.165) is 66.3 Å². The highest BCUT2D eigenvalue weighted by atomic mass is 32.1. The van der Waals surface area contributed by atoms with Gasteiger partial charge in [0.15, 0.2) is 0 Å². The Morgan fingerprint density at radius 2 is 1.82 bits per heavy atom. The molecule has 6 nitrogen and oxygen atoms in total. The monoisotopic (exact) mass is 480 g/mol. The Morgan fingerprint density at radius 3 is 2.45 bits per heavy atom. The maximum atomic E-state index is 12.9. The molecule has 2 aromatic rings. The number of piperazine rings is 1. The molecule has 2 fully saturated rings. The normalized spacial score (nSPS) is 20.4. The third kappa shape index (κ3) is 5.33. The molecule has 1 saturated carbocycles. The van der Waals surface area contributed by atoms with E-state index in [0.29, 0.717) is 13.1 Å². The SMILES string of the molecule is O=C(CN1CCc2nc(-c3ccc(OC(F)(F)F)cc3)sc2C1)N1CCN(C2CCC2)CC1. The number of carbonyl (C=O) groups is 1. The molecule has 1 aliphatic carbocycles. The molecule has 2 aliphatic heterocycles. The molecule has 33 heavy (non-hydrogen) atoms. The number of aromatic nitrogens is 1. The van der Waals surface area contributed by atoms with Crippen LogP contribution in [-0.4, -0.2) is 77.3 Å². The number of amides is 1. The Kier molecular flexibility index (Phi) is 6.32. The van der Waals surface area contributed by atoms with Crippen molar-refractivity contribution < 1.29 is 22.7 Å². The van der Waals surface area contributed by atoms with E-state index in [1.165, 1.54) is 42.7 Å². The standard InChI is InChI=1S/C23H27F3N4O2S/c24-23(25,26)32-18-6-4-16(5-7-18)22-27-19-8-9-28(14-20(19)33-22)15-21(31)30-12-10-29(11-13-30)17-2-1-3-17/h4-7,17H,1-3,8-15H2. The summed E-state index contributed by atoms with van der Waals surface area (Å²) in [5.74, 6) is -0.0533. The van der Waals surface area contributed by atoms with Gasteiger partial charge >= 0.3 is 6.36 Å². The molecule has 0 atom stereocenters. The lowest BCUT2D eigenvalue weighted by molar-refractivity contribution is -0.274. The van der Waals surface area contributed by atoms with Crippen molar-refractivity contribution in [2.24, 2.45) is 0 Å². The lowest BCUT2D eigenvalue weighted by Crippen LogP contribution is -2.55. The van der Waals surface area contributed by atoms with Gasteiger partial charge < -0.3 is 9.64 Å². The van der Waals surface area contributed by atoms with Gasteiger partial charge in [0, 0.05) is 62.2 Å². The van der Waals surface area contributed by atoms with Gasteiger partial charge in [-0.2, -0.15) is 0 Å². The molecular weight excluding hydrogens is 453 g/mol. The number of halogens is 3. The summed E-state index contributed by atoms with van der Waals surface area (Å²) in [7, 11) is 0. The fourth-order valence-corrected chi connectivity index (χ4v) is 5.84. The fraction of sp³-hybridized carbons (Fsp3) is 0.565. The van der Waals surface area contributed by atoms with Crippen LogP contribution in [0, 0.1) is 0 Å². The molecule has 3 aliphatic rings. The van der Waals surface area contributed by atoms with Gasteiger partial charge in [-0.3, -0.25) is 14.6 Å². The number of nitrogens with zero attached hydrogens (tertiary/aromatic N) is 4. The lowest BCUT2D eigenvalue weighted by Gasteiger charge is -2.43. The van der Waals surface area contributed by atoms with Gasteiger partial charge in [-0.25, -0.2) is 4.98 Å². The second kappa shape index (κ2) is 9.23. The van der Waals surface area contributed by atoms with Crippen molar-refractivity contribution in [1.29, 1.82) is 0 Å². The van der Waals surface area contributed by atoms with Gasteiger partial charge in [-0.05, 0) is 37.1 Å². The topological polar surface area (TPSA) is 48.9 Å². The minimum absolute atomic E-state index is 0.191. The molecule has 178 valence electrons. The van der Waals surface area contributed by atoms with Gasteiger partial charge in [-0.15, -0.1) is 24.5 Å². The molecule has 1 amide bonds. The van der Waals surface area contributed by atoms with Crippen molar-refractivity contribution in [2.75, 3.05) is 39.3 Å². The number of ether oxygens (including phenoxy) is 1. The second-order valence-corrected chi connectivity index (χ2v) is 10.0. The maximum absolute atomic E-state index is 12.9. The average molecular weight is 481 g/mol. The van der Waals surface area contributed by atoms with Crippen molar-refractivity contribution in [3.63, 3.8) is 0 Å². The van der Waals surface area contributed by atoms with Gasteiger partial charge in [0.25, 0.3) is 0 Å². The summed E-state index contributed by atoms with van der Waals surface area (Å²) in [5, 5.41) is 0.777. The van der Waals surface area contributed by atoms with E-state index >= 15 is 0 Å². The maximum Gasteiger partial charge on any atom is 0.573 e. The van der Waals surface area contributed by atoms with Gasteiger partial charge in [-0.1, -0.05) is 6.42 Å². The molecule has 3 heterocycles. The van der Waals surface area contributed by atoms with Gasteiger partial charge in [0.05, 0.1) is 12.2 Å². The van der Waals surface area contributed by atoms with Crippen molar-refractivity contribution in [1.82, 2.24) is 19.7 Å². The van der Waals surface area contributed by atoms with Crippen LogP contribution < -0.4 is 4.74 Å². The molecular formula is C23H27F3N4O2S. The van der Waals surface area contributed by atoms with E-state index in [1.54, 1.807) is 12.1 Å². The third-order valence-corrected chi connectivity index (χ3v) is 7.89. The van der Waals surface area contributed by atoms with E-state index in [4.69, 9.17) is 4.98 Å². The van der Waals surface area contributed by atoms with Gasteiger partial charge in [0.1, 0.15) is 10.8 Å². The zero-order valence-corrected chi connectivity index (χ0v) is 19.1. The fourth-order valence-electron chi connectivity index (χ4n) is 4.69. The van der Waals surface area contributed by atoms with E-state index < -0.39 is 6.36 Å². The molecule has 10 heteroatoms. The molecule has 0 radical (unpaired) electrons. The summed E-state index contributed by atoms with van der Waals surface area (Å²) in [5.41, 5.74) is 1.78. The highest BCUT2D eigenvalue weighted by Crippen LogP contribution is 2.33. The van der Waals surface area contributed by atoms with Crippen LogP contribution in [0.2, 0.25) is 0 Å². The molecule has 1 saturated heterocycles. The molecule has 1 aromatic heterocycles. The van der Waals surface area contributed by atoms with Crippen LogP contribution in [0.25, 0.3) is 10.6 Å². The Morgan fingerprint density at radius 1 is 1.09 bits per heavy atom. The summed E-state index contributed by atoms with van der Waals surface area (Å²) in [6.45, 7) is 5.45. The lowest BCUT2D eigenvalue weighted by atomic mass is 9.91. The van der Waals surface area contributed by atoms with Crippen molar-refractivity contribution in [2.45, 2.75) is 44.6 Å². The minimum atomic E-state index is -4.70. The summed E-state index contributed by atoms with van der Waals surface area (Å²) in [4.78, 5) is 25.4. The number of thiazole rings is 1. The van der Waals surface area contributed by atoms with Crippen LogP contribution in [0.15, 0.2) is 24.3 Å². The quantitative estimate of drug-likeness (QED) is 0.652. The number of carbonyl (C=O) groups excluding carboxylic acids is 1. The summed E-state index contributed by atoms with van der Waals surface area (Å²) >= 11 is 1.54. The number of hydrogen-bond acceptors (Lipinski definition) is 6. The van der Waals surface area contributed by atoms with E-state index in [1.807, 2.05) is 4.90 Å². The van der Waals surface area contributed by atoms with E-state index in [9.17, 15) is 18.0 Å². The average Bonchev–Trinajstić information content (AvgIpc) is 3.16. The van der Waals surface area contributed by atoms with Crippen molar-refractivity contribution in [3.05, 3.63) is 34.8 Å². The number of hydrogen-bond donors (Lipinski definition) is 0. The first-order valence-corrected chi connectivity index (χ1v) is 12.2. The molecule has 0 N–H and O–H groups in total. The predicted molar refractivity (Wildman–Crippen MR) is 119 cm³/mol. The summed E-state index contributed by atoms with van der Waals surface area (Å²) in [6, 6.07) is 6.53. The highest BCUT2D eigenvalue weighted by molar-refractivity contribution is 7.15. The van der Waals surface area contributed by atoms with Crippen molar-refractivity contribution in [3.8, 4) is 16.3 Å². The van der Waals surface area contributed by atoms with E-state index in [2.05, 4.69) is 14.5 Å². The predicted octanol–water partition coefficient (Wildman–Crippen LogP) is 3.76. The molecule has 1 aromatic carbocycles. The first-order valence-electron chi connectivity index (χ1n) is 11.4. The Labute approximate surface area is 194 Å². The zero-order chi connectivity index (χ0) is 23.0. The highest BCUT2D eigenvalue weighted by Gasteiger charge is 2.32. The third-order valence-electron chi connectivity index (χ3n) is 6.76. The van der Waals surface area contributed by atoms with Crippen LogP contribution in [0.5, 0.6) is 5.75 Å². The van der Waals surface area contributed by atoms with E-state index in [-0.39, 0.29) is 11.7 Å². The minimum Gasteiger partial charge on any atom is -0.406 e. The Hall–Kier alpha value is -2.17. The number of benzene rings is 1. The number of rotatable bonds is 5. The number of fused-ring (bicyclic) bond motifs is 1. The van der Waals surface area contributed by atoms with Crippen LogP contribution in [0.4, 0.5) is 13.2 Å². The van der Waals surface area contributed by atoms with Crippen LogP contribution in [0.1, 0.15) is 29.8 Å². The smallest absolute Gasteiger partial charge is 0.406 e. The molecule has 0 spiro atoms. The summed E-state index contributed by atoms with van der Waals surface area (Å²) in [6.07, 6.45) is -0.00667. The second-order valence-electron chi connectivity index (χ2n) is 8.92. The number of alkyl halides is 3. The molecule has 0 bridgehead atoms. The Balaban J connectivity index is 1.16. The van der Waals surface area contributed by atoms with Crippen molar-refractivity contribution >= 4 is 17.2 Å².